The molecule has 1 aliphatic rings. The van der Waals surface area contributed by atoms with Crippen molar-refractivity contribution in [2.75, 3.05) is 24.5 Å². The van der Waals surface area contributed by atoms with Crippen molar-refractivity contribution in [1.29, 1.82) is 0 Å². The fourth-order valence-electron chi connectivity index (χ4n) is 2.31. The molecule has 2 rings (SSSR count). The lowest BCUT2D eigenvalue weighted by Gasteiger charge is -2.32. The van der Waals surface area contributed by atoms with E-state index in [2.05, 4.69) is 16.9 Å². The van der Waals surface area contributed by atoms with Gasteiger partial charge in [0, 0.05) is 25.7 Å². The van der Waals surface area contributed by atoms with Crippen LogP contribution in [0.2, 0.25) is 0 Å². The van der Waals surface area contributed by atoms with Gasteiger partial charge in [-0.2, -0.15) is 5.10 Å². The highest BCUT2D eigenvalue weighted by Crippen LogP contribution is 2.20. The Morgan fingerprint density at radius 1 is 1.59 bits per heavy atom. The Morgan fingerprint density at radius 2 is 2.41 bits per heavy atom. The molecule has 0 saturated carbocycles. The lowest BCUT2D eigenvalue weighted by Crippen LogP contribution is -2.36. The molecular weight excluding hydrogens is 216 g/mol. The molecule has 5 heteroatoms. The zero-order valence-corrected chi connectivity index (χ0v) is 10.3. The van der Waals surface area contributed by atoms with E-state index < -0.39 is 0 Å². The molecular formula is C12H20N4O. The Hall–Kier alpha value is -1.36. The van der Waals surface area contributed by atoms with Crippen LogP contribution < -0.4 is 16.2 Å². The predicted molar refractivity (Wildman–Crippen MR) is 68.2 cm³/mol. The number of nitrogens with two attached hydrogens (primary N) is 1. The van der Waals surface area contributed by atoms with Gasteiger partial charge in [-0.25, -0.2) is 4.68 Å². The van der Waals surface area contributed by atoms with E-state index in [1.165, 1.54) is 17.5 Å². The maximum Gasteiger partial charge on any atom is 0.268 e. The third-order valence-electron chi connectivity index (χ3n) is 3.22. The number of nitrogens with zero attached hydrogens (tertiary/aromatic N) is 3. The maximum atomic E-state index is 11.8. The van der Waals surface area contributed by atoms with Gasteiger partial charge in [0.1, 0.15) is 0 Å². The van der Waals surface area contributed by atoms with Crippen molar-refractivity contribution in [3.63, 3.8) is 0 Å². The molecule has 1 aromatic heterocycles. The van der Waals surface area contributed by atoms with E-state index in [1.807, 2.05) is 0 Å². The molecule has 0 amide bonds. The van der Waals surface area contributed by atoms with Gasteiger partial charge in [-0.15, -0.1) is 0 Å². The van der Waals surface area contributed by atoms with Crippen molar-refractivity contribution >= 4 is 5.69 Å². The smallest absolute Gasteiger partial charge is 0.268 e. The number of aromatic nitrogens is 2. The Morgan fingerprint density at radius 3 is 3.06 bits per heavy atom. The van der Waals surface area contributed by atoms with Gasteiger partial charge in [0.2, 0.25) is 0 Å². The van der Waals surface area contributed by atoms with Crippen molar-refractivity contribution in [2.24, 2.45) is 11.7 Å². The van der Waals surface area contributed by atoms with E-state index in [0.29, 0.717) is 19.0 Å². The topological polar surface area (TPSA) is 64.2 Å². The van der Waals surface area contributed by atoms with Gasteiger partial charge < -0.3 is 10.6 Å². The molecule has 1 fully saturated rings. The predicted octanol–water partition coefficient (Wildman–Crippen LogP) is 0.438. The number of hydrogen-bond donors (Lipinski definition) is 1. The van der Waals surface area contributed by atoms with Crippen LogP contribution in [-0.2, 0) is 6.54 Å². The third-order valence-corrected chi connectivity index (χ3v) is 3.22. The molecule has 94 valence electrons. The summed E-state index contributed by atoms with van der Waals surface area (Å²) in [6, 6.07) is 1.67. The second-order valence-corrected chi connectivity index (χ2v) is 4.76. The van der Waals surface area contributed by atoms with E-state index in [0.717, 1.165) is 18.8 Å². The van der Waals surface area contributed by atoms with Crippen molar-refractivity contribution in [3.05, 3.63) is 22.6 Å². The van der Waals surface area contributed by atoms with Crippen LogP contribution in [-0.4, -0.2) is 29.4 Å². The lowest BCUT2D eigenvalue weighted by atomic mass is 10.00. The summed E-state index contributed by atoms with van der Waals surface area (Å²) in [7, 11) is 0. The van der Waals surface area contributed by atoms with E-state index in [1.54, 1.807) is 12.3 Å². The van der Waals surface area contributed by atoms with Crippen LogP contribution in [0, 0.1) is 5.92 Å². The fraction of sp³-hybridized carbons (Fsp3) is 0.667. The molecule has 1 unspecified atom stereocenters. The van der Waals surface area contributed by atoms with Gasteiger partial charge in [-0.3, -0.25) is 4.79 Å². The number of rotatable bonds is 3. The van der Waals surface area contributed by atoms with E-state index in [4.69, 9.17) is 5.73 Å². The molecule has 0 bridgehead atoms. The summed E-state index contributed by atoms with van der Waals surface area (Å²) in [6.07, 6.45) is 4.23. The first-order valence-electron chi connectivity index (χ1n) is 6.23. The Labute approximate surface area is 101 Å². The Bertz CT molecular complexity index is 429. The Kier molecular flexibility index (Phi) is 3.78. The molecule has 1 atom stereocenters. The first-order valence-corrected chi connectivity index (χ1v) is 6.23. The average Bonchev–Trinajstić information content (AvgIpc) is 2.32. The number of hydrogen-bond acceptors (Lipinski definition) is 4. The van der Waals surface area contributed by atoms with Crippen LogP contribution in [0.4, 0.5) is 5.69 Å². The van der Waals surface area contributed by atoms with E-state index >= 15 is 0 Å². The molecule has 0 radical (unpaired) electrons. The van der Waals surface area contributed by atoms with E-state index in [-0.39, 0.29) is 5.56 Å². The molecule has 2 N–H and O–H groups in total. The minimum absolute atomic E-state index is 0.0637. The van der Waals surface area contributed by atoms with Crippen molar-refractivity contribution in [2.45, 2.75) is 26.3 Å². The van der Waals surface area contributed by atoms with Crippen molar-refractivity contribution in [3.8, 4) is 0 Å². The minimum Gasteiger partial charge on any atom is -0.370 e. The van der Waals surface area contributed by atoms with Gasteiger partial charge in [-0.05, 0) is 18.8 Å². The summed E-state index contributed by atoms with van der Waals surface area (Å²) in [5.74, 6) is 0.690. The van der Waals surface area contributed by atoms with Crippen LogP contribution in [0.3, 0.4) is 0 Å². The molecule has 1 saturated heterocycles. The maximum absolute atomic E-state index is 11.8. The summed E-state index contributed by atoms with van der Waals surface area (Å²) < 4.78 is 1.41. The number of piperidine rings is 1. The molecule has 0 aromatic carbocycles. The highest BCUT2D eigenvalue weighted by molar-refractivity contribution is 5.43. The van der Waals surface area contributed by atoms with Crippen LogP contribution in [0.5, 0.6) is 0 Å². The van der Waals surface area contributed by atoms with Gasteiger partial charge >= 0.3 is 0 Å². The fourth-order valence-corrected chi connectivity index (χ4v) is 2.31. The molecule has 1 aromatic rings. The summed E-state index contributed by atoms with van der Waals surface area (Å²) in [5.41, 5.74) is 6.29. The van der Waals surface area contributed by atoms with Crippen LogP contribution in [0.1, 0.15) is 19.8 Å². The molecule has 0 spiro atoms. The largest absolute Gasteiger partial charge is 0.370 e. The van der Waals surface area contributed by atoms with Crippen molar-refractivity contribution in [1.82, 2.24) is 9.78 Å². The van der Waals surface area contributed by atoms with Crippen LogP contribution >= 0.6 is 0 Å². The average molecular weight is 236 g/mol. The SMILES string of the molecule is CC1CCCN(c2cnn(CCN)c(=O)c2)C1. The van der Waals surface area contributed by atoms with Gasteiger partial charge in [0.15, 0.2) is 0 Å². The van der Waals surface area contributed by atoms with Gasteiger partial charge in [-0.1, -0.05) is 6.92 Å². The lowest BCUT2D eigenvalue weighted by molar-refractivity contribution is 0.445. The molecule has 1 aliphatic heterocycles. The molecule has 5 nitrogen and oxygen atoms in total. The van der Waals surface area contributed by atoms with Crippen molar-refractivity contribution < 1.29 is 0 Å². The van der Waals surface area contributed by atoms with Crippen LogP contribution in [0.25, 0.3) is 0 Å². The van der Waals surface area contributed by atoms with E-state index in [9.17, 15) is 4.79 Å². The van der Waals surface area contributed by atoms with Crippen LogP contribution in [0.15, 0.2) is 17.1 Å². The normalized spacial score (nSPS) is 20.6. The zero-order chi connectivity index (χ0) is 12.3. The highest BCUT2D eigenvalue weighted by Gasteiger charge is 2.17. The van der Waals surface area contributed by atoms with Gasteiger partial charge in [0.25, 0.3) is 5.56 Å². The molecule has 0 aliphatic carbocycles. The first-order chi connectivity index (χ1) is 8.20. The quantitative estimate of drug-likeness (QED) is 0.827. The standard InChI is InChI=1S/C12H20N4O/c1-10-3-2-5-15(9-10)11-7-12(17)16(6-4-13)14-8-11/h7-8,10H,2-6,9,13H2,1H3. The number of anilines is 1. The summed E-state index contributed by atoms with van der Waals surface area (Å²) in [6.45, 7) is 5.20. The third kappa shape index (κ3) is 2.85. The first kappa shape index (κ1) is 12.1. The van der Waals surface area contributed by atoms with Gasteiger partial charge in [0.05, 0.1) is 18.4 Å². The Balaban J connectivity index is 2.16. The monoisotopic (exact) mass is 236 g/mol. The summed E-state index contributed by atoms with van der Waals surface area (Å²) in [4.78, 5) is 14.0. The second-order valence-electron chi connectivity index (χ2n) is 4.76. The summed E-state index contributed by atoms with van der Waals surface area (Å²) in [5, 5.41) is 4.15. The molecule has 17 heavy (non-hydrogen) atoms. The minimum atomic E-state index is -0.0637. The highest BCUT2D eigenvalue weighted by atomic mass is 16.1. The zero-order valence-electron chi connectivity index (χ0n) is 10.3. The second kappa shape index (κ2) is 5.31. The summed E-state index contributed by atoms with van der Waals surface area (Å²) >= 11 is 0. The molecule has 2 heterocycles.